The van der Waals surface area contributed by atoms with Crippen LogP contribution in [0, 0.1) is 5.92 Å². The topological polar surface area (TPSA) is 23.6 Å². The SMILES string of the molecule is O=C(c1sccc1Br)N1CCN(CC2CCCCC2)CC1. The highest BCUT2D eigenvalue weighted by Crippen LogP contribution is 2.26. The number of nitrogens with zero attached hydrogens (tertiary/aromatic N) is 2. The van der Waals surface area contributed by atoms with Crippen molar-refractivity contribution in [2.75, 3.05) is 32.7 Å². The Morgan fingerprint density at radius 3 is 2.52 bits per heavy atom. The third kappa shape index (κ3) is 3.88. The fourth-order valence-corrected chi connectivity index (χ4v) is 4.97. The van der Waals surface area contributed by atoms with Crippen LogP contribution in [0.2, 0.25) is 0 Å². The Hall–Kier alpha value is -0.390. The van der Waals surface area contributed by atoms with E-state index in [0.29, 0.717) is 0 Å². The highest BCUT2D eigenvalue weighted by molar-refractivity contribution is 9.10. The molecule has 1 aromatic heterocycles. The van der Waals surface area contributed by atoms with Gasteiger partial charge in [-0.25, -0.2) is 0 Å². The summed E-state index contributed by atoms with van der Waals surface area (Å²) in [5.74, 6) is 1.08. The normalized spacial score (nSPS) is 21.7. The molecule has 3 rings (SSSR count). The number of piperazine rings is 1. The first-order chi connectivity index (χ1) is 10.2. The second-order valence-electron chi connectivity index (χ2n) is 6.19. The Balaban J connectivity index is 1.48. The van der Waals surface area contributed by atoms with Gasteiger partial charge in [-0.05, 0) is 46.1 Å². The van der Waals surface area contributed by atoms with Crippen molar-refractivity contribution >= 4 is 33.2 Å². The van der Waals surface area contributed by atoms with Crippen molar-refractivity contribution in [1.29, 1.82) is 0 Å². The van der Waals surface area contributed by atoms with Gasteiger partial charge in [-0.3, -0.25) is 9.69 Å². The van der Waals surface area contributed by atoms with E-state index in [9.17, 15) is 4.79 Å². The van der Waals surface area contributed by atoms with Crippen LogP contribution in [0.1, 0.15) is 41.8 Å². The molecular weight excluding hydrogens is 348 g/mol. The average molecular weight is 371 g/mol. The summed E-state index contributed by atoms with van der Waals surface area (Å²) in [6.45, 7) is 5.05. The van der Waals surface area contributed by atoms with Crippen LogP contribution in [0.15, 0.2) is 15.9 Å². The molecule has 3 nitrogen and oxygen atoms in total. The molecule has 2 fully saturated rings. The van der Waals surface area contributed by atoms with Crippen molar-refractivity contribution in [1.82, 2.24) is 9.80 Å². The van der Waals surface area contributed by atoms with Crippen LogP contribution in [-0.4, -0.2) is 48.4 Å². The molecule has 1 amide bonds. The first-order valence-corrected chi connectivity index (χ1v) is 9.66. The maximum Gasteiger partial charge on any atom is 0.265 e. The van der Waals surface area contributed by atoms with Crippen LogP contribution < -0.4 is 0 Å². The molecule has 0 spiro atoms. The minimum atomic E-state index is 0.189. The van der Waals surface area contributed by atoms with Gasteiger partial charge in [0.05, 0.1) is 0 Å². The van der Waals surface area contributed by atoms with Crippen molar-refractivity contribution in [2.45, 2.75) is 32.1 Å². The van der Waals surface area contributed by atoms with Crippen LogP contribution in [0.25, 0.3) is 0 Å². The molecule has 0 aromatic carbocycles. The van der Waals surface area contributed by atoms with Crippen molar-refractivity contribution in [2.24, 2.45) is 5.92 Å². The van der Waals surface area contributed by atoms with Crippen molar-refractivity contribution in [3.05, 3.63) is 20.8 Å². The van der Waals surface area contributed by atoms with E-state index in [0.717, 1.165) is 41.4 Å². The van der Waals surface area contributed by atoms with E-state index >= 15 is 0 Å². The smallest absolute Gasteiger partial charge is 0.265 e. The summed E-state index contributed by atoms with van der Waals surface area (Å²) in [5, 5.41) is 1.97. The van der Waals surface area contributed by atoms with Crippen LogP contribution in [0.4, 0.5) is 0 Å². The van der Waals surface area contributed by atoms with Gasteiger partial charge < -0.3 is 4.90 Å². The molecule has 21 heavy (non-hydrogen) atoms. The highest BCUT2D eigenvalue weighted by Gasteiger charge is 2.25. The second kappa shape index (κ2) is 7.25. The van der Waals surface area contributed by atoms with Gasteiger partial charge >= 0.3 is 0 Å². The number of hydrogen-bond acceptors (Lipinski definition) is 3. The van der Waals surface area contributed by atoms with Crippen LogP contribution in [-0.2, 0) is 0 Å². The van der Waals surface area contributed by atoms with Crippen LogP contribution in [0.3, 0.4) is 0 Å². The van der Waals surface area contributed by atoms with Gasteiger partial charge in [-0.1, -0.05) is 19.3 Å². The maximum atomic E-state index is 12.5. The standard InChI is InChI=1S/C16H23BrN2OS/c17-14-6-11-21-15(14)16(20)19-9-7-18(8-10-19)12-13-4-2-1-3-5-13/h6,11,13H,1-5,7-10,12H2. The number of thiophene rings is 1. The Bertz CT molecular complexity index is 476. The van der Waals surface area contributed by atoms with Gasteiger partial charge in [-0.15, -0.1) is 11.3 Å². The first kappa shape index (κ1) is 15.5. The highest BCUT2D eigenvalue weighted by atomic mass is 79.9. The number of carbonyl (C=O) groups excluding carboxylic acids is 1. The van der Waals surface area contributed by atoms with E-state index in [2.05, 4.69) is 20.8 Å². The monoisotopic (exact) mass is 370 g/mol. The fourth-order valence-electron chi connectivity index (χ4n) is 3.46. The number of amides is 1. The van der Waals surface area contributed by atoms with Gasteiger partial charge in [0.2, 0.25) is 0 Å². The third-order valence-corrected chi connectivity index (χ3v) is 6.54. The van der Waals surface area contributed by atoms with E-state index in [1.165, 1.54) is 50.0 Å². The summed E-state index contributed by atoms with van der Waals surface area (Å²) in [4.78, 5) is 17.9. The lowest BCUT2D eigenvalue weighted by molar-refractivity contribution is 0.0610. The molecule has 1 saturated carbocycles. The molecule has 1 aliphatic heterocycles. The minimum Gasteiger partial charge on any atom is -0.335 e. The molecule has 0 atom stereocenters. The zero-order valence-electron chi connectivity index (χ0n) is 12.4. The predicted octanol–water partition coefficient (Wildman–Crippen LogP) is 3.85. The molecule has 0 N–H and O–H groups in total. The minimum absolute atomic E-state index is 0.189. The third-order valence-electron chi connectivity index (χ3n) is 4.71. The zero-order valence-corrected chi connectivity index (χ0v) is 14.8. The van der Waals surface area contributed by atoms with E-state index in [1.54, 1.807) is 0 Å². The summed E-state index contributed by atoms with van der Waals surface area (Å²) < 4.78 is 0.933. The van der Waals surface area contributed by atoms with Gasteiger partial charge in [0.25, 0.3) is 5.91 Å². The number of rotatable bonds is 3. The summed E-state index contributed by atoms with van der Waals surface area (Å²) in [6, 6.07) is 1.96. The Kier molecular flexibility index (Phi) is 5.35. The molecule has 2 heterocycles. The van der Waals surface area contributed by atoms with Gasteiger partial charge in [0.1, 0.15) is 4.88 Å². The average Bonchev–Trinajstić information content (AvgIpc) is 2.94. The maximum absolute atomic E-state index is 12.5. The van der Waals surface area contributed by atoms with Crippen molar-refractivity contribution in [3.63, 3.8) is 0 Å². The molecule has 1 saturated heterocycles. The van der Waals surface area contributed by atoms with E-state index in [-0.39, 0.29) is 5.91 Å². The molecule has 1 aliphatic carbocycles. The van der Waals surface area contributed by atoms with Gasteiger partial charge in [0, 0.05) is 37.2 Å². The van der Waals surface area contributed by atoms with Crippen LogP contribution in [0.5, 0.6) is 0 Å². The van der Waals surface area contributed by atoms with Crippen molar-refractivity contribution < 1.29 is 4.79 Å². The summed E-state index contributed by atoms with van der Waals surface area (Å²) >= 11 is 4.99. The fraction of sp³-hybridized carbons (Fsp3) is 0.688. The summed E-state index contributed by atoms with van der Waals surface area (Å²) in [5.41, 5.74) is 0. The Morgan fingerprint density at radius 1 is 1.19 bits per heavy atom. The number of hydrogen-bond donors (Lipinski definition) is 0. The zero-order chi connectivity index (χ0) is 14.7. The molecule has 116 valence electrons. The molecular formula is C16H23BrN2OS. The van der Waals surface area contributed by atoms with Gasteiger partial charge in [-0.2, -0.15) is 0 Å². The largest absolute Gasteiger partial charge is 0.335 e. The van der Waals surface area contributed by atoms with E-state index < -0.39 is 0 Å². The van der Waals surface area contributed by atoms with Crippen molar-refractivity contribution in [3.8, 4) is 0 Å². The quantitative estimate of drug-likeness (QED) is 0.806. The number of carbonyl (C=O) groups is 1. The Labute approximate surface area is 139 Å². The molecule has 2 aliphatic rings. The lowest BCUT2D eigenvalue weighted by Crippen LogP contribution is -2.49. The molecule has 0 radical (unpaired) electrons. The lowest BCUT2D eigenvalue weighted by atomic mass is 9.89. The van der Waals surface area contributed by atoms with E-state index in [4.69, 9.17) is 0 Å². The Morgan fingerprint density at radius 2 is 1.90 bits per heavy atom. The molecule has 5 heteroatoms. The summed E-state index contributed by atoms with van der Waals surface area (Å²) in [7, 11) is 0. The summed E-state index contributed by atoms with van der Waals surface area (Å²) in [6.07, 6.45) is 7.06. The number of halogens is 1. The molecule has 0 unspecified atom stereocenters. The predicted molar refractivity (Wildman–Crippen MR) is 90.9 cm³/mol. The van der Waals surface area contributed by atoms with Crippen LogP contribution >= 0.6 is 27.3 Å². The van der Waals surface area contributed by atoms with Gasteiger partial charge in [0.15, 0.2) is 0 Å². The first-order valence-electron chi connectivity index (χ1n) is 7.98. The lowest BCUT2D eigenvalue weighted by Gasteiger charge is -2.37. The molecule has 0 bridgehead atoms. The molecule has 1 aromatic rings. The second-order valence-corrected chi connectivity index (χ2v) is 7.96. The van der Waals surface area contributed by atoms with E-state index in [1.807, 2.05) is 16.3 Å².